The Hall–Kier alpha value is -1.06. The highest BCUT2D eigenvalue weighted by Crippen LogP contribution is 1.98. The normalized spacial score (nSPS) is 10.1. The van der Waals surface area contributed by atoms with E-state index in [0.29, 0.717) is 25.4 Å². The van der Waals surface area contributed by atoms with Gasteiger partial charge < -0.3 is 10.6 Å². The van der Waals surface area contributed by atoms with E-state index >= 15 is 0 Å². The maximum absolute atomic E-state index is 11.2. The van der Waals surface area contributed by atoms with Crippen LogP contribution >= 0.6 is 0 Å². The number of rotatable bonds is 7. The summed E-state index contributed by atoms with van der Waals surface area (Å²) in [7, 11) is 0. The molecule has 0 aromatic rings. The zero-order valence-electron chi connectivity index (χ0n) is 9.93. The van der Waals surface area contributed by atoms with Gasteiger partial charge in [-0.05, 0) is 18.8 Å². The van der Waals surface area contributed by atoms with Gasteiger partial charge in [0.2, 0.25) is 11.8 Å². The molecule has 0 aromatic carbocycles. The molecule has 88 valence electrons. The van der Waals surface area contributed by atoms with Crippen LogP contribution in [0.1, 0.15) is 40.0 Å². The number of hydrogen-bond donors (Lipinski definition) is 2. The van der Waals surface area contributed by atoms with E-state index in [2.05, 4.69) is 10.6 Å². The van der Waals surface area contributed by atoms with E-state index in [4.69, 9.17) is 0 Å². The van der Waals surface area contributed by atoms with Crippen molar-refractivity contribution in [1.29, 1.82) is 0 Å². The lowest BCUT2D eigenvalue weighted by atomic mass is 10.1. The summed E-state index contributed by atoms with van der Waals surface area (Å²) in [6, 6.07) is 0. The Morgan fingerprint density at radius 2 is 1.60 bits per heavy atom. The molecule has 0 unspecified atom stereocenters. The summed E-state index contributed by atoms with van der Waals surface area (Å²) in [4.78, 5) is 21.7. The smallest absolute Gasteiger partial charge is 0.220 e. The molecule has 0 heterocycles. The van der Waals surface area contributed by atoms with Crippen LogP contribution < -0.4 is 10.6 Å². The van der Waals surface area contributed by atoms with Crippen LogP contribution in [0.5, 0.6) is 0 Å². The Labute approximate surface area is 91.8 Å². The summed E-state index contributed by atoms with van der Waals surface area (Å²) in [5.41, 5.74) is 0. The third-order valence-corrected chi connectivity index (χ3v) is 1.89. The van der Waals surface area contributed by atoms with Crippen molar-refractivity contribution in [1.82, 2.24) is 10.6 Å². The fourth-order valence-electron chi connectivity index (χ4n) is 1.19. The van der Waals surface area contributed by atoms with Crippen molar-refractivity contribution in [3.63, 3.8) is 0 Å². The van der Waals surface area contributed by atoms with Gasteiger partial charge in [0.05, 0.1) is 0 Å². The number of unbranched alkanes of at least 4 members (excludes halogenated alkanes) is 1. The van der Waals surface area contributed by atoms with E-state index in [0.717, 1.165) is 12.8 Å². The molecule has 0 atom stereocenters. The van der Waals surface area contributed by atoms with Crippen LogP contribution in [-0.4, -0.2) is 24.9 Å². The highest BCUT2D eigenvalue weighted by molar-refractivity contribution is 5.76. The lowest BCUT2D eigenvalue weighted by Gasteiger charge is -2.07. The second-order valence-electron chi connectivity index (χ2n) is 4.14. The van der Waals surface area contributed by atoms with Gasteiger partial charge in [-0.2, -0.15) is 0 Å². The molecule has 4 heteroatoms. The van der Waals surface area contributed by atoms with E-state index < -0.39 is 0 Å². The first-order valence-electron chi connectivity index (χ1n) is 5.53. The predicted molar refractivity (Wildman–Crippen MR) is 60.4 cm³/mol. The molecule has 0 fully saturated rings. The topological polar surface area (TPSA) is 58.2 Å². The van der Waals surface area contributed by atoms with Crippen molar-refractivity contribution in [2.24, 2.45) is 5.92 Å². The average Bonchev–Trinajstić information content (AvgIpc) is 2.09. The van der Waals surface area contributed by atoms with E-state index in [1.807, 2.05) is 13.8 Å². The monoisotopic (exact) mass is 214 g/mol. The molecule has 0 aromatic heterocycles. The van der Waals surface area contributed by atoms with Gasteiger partial charge >= 0.3 is 0 Å². The number of nitrogens with one attached hydrogen (secondary N) is 2. The van der Waals surface area contributed by atoms with E-state index in [9.17, 15) is 9.59 Å². The van der Waals surface area contributed by atoms with Crippen molar-refractivity contribution in [3.05, 3.63) is 0 Å². The second-order valence-corrected chi connectivity index (χ2v) is 4.14. The van der Waals surface area contributed by atoms with Crippen molar-refractivity contribution in [2.45, 2.75) is 40.0 Å². The van der Waals surface area contributed by atoms with Gasteiger partial charge in [0.1, 0.15) is 0 Å². The maximum atomic E-state index is 11.2. The van der Waals surface area contributed by atoms with Crippen LogP contribution in [0, 0.1) is 5.92 Å². The van der Waals surface area contributed by atoms with Gasteiger partial charge in [-0.25, -0.2) is 0 Å². The van der Waals surface area contributed by atoms with Crippen LogP contribution in [-0.2, 0) is 9.59 Å². The molecule has 0 aliphatic rings. The minimum atomic E-state index is -0.00107. The highest BCUT2D eigenvalue weighted by atomic mass is 16.2. The Bertz CT molecular complexity index is 203. The van der Waals surface area contributed by atoms with E-state index in [1.54, 1.807) is 0 Å². The quantitative estimate of drug-likeness (QED) is 0.623. The lowest BCUT2D eigenvalue weighted by molar-refractivity contribution is -0.122. The Morgan fingerprint density at radius 1 is 1.07 bits per heavy atom. The predicted octanol–water partition coefficient (Wildman–Crippen LogP) is 1.06. The van der Waals surface area contributed by atoms with Crippen LogP contribution in [0.15, 0.2) is 0 Å². The average molecular weight is 214 g/mol. The van der Waals surface area contributed by atoms with Crippen LogP contribution in [0.4, 0.5) is 0 Å². The number of carbonyl (C=O) groups is 2. The van der Waals surface area contributed by atoms with Crippen LogP contribution in [0.25, 0.3) is 0 Å². The van der Waals surface area contributed by atoms with Gasteiger partial charge in [0, 0.05) is 26.4 Å². The Balaban J connectivity index is 3.24. The first kappa shape index (κ1) is 13.9. The second kappa shape index (κ2) is 8.26. The molecule has 2 N–H and O–H groups in total. The van der Waals surface area contributed by atoms with E-state index in [1.165, 1.54) is 6.92 Å². The Kier molecular flexibility index (Phi) is 7.68. The molecule has 0 saturated heterocycles. The SMILES string of the molecule is CC(=O)NCCCCNC(=O)CC(C)C. The van der Waals surface area contributed by atoms with Crippen LogP contribution in [0.3, 0.4) is 0 Å². The van der Waals surface area contributed by atoms with Gasteiger partial charge in [-0.3, -0.25) is 9.59 Å². The molecule has 15 heavy (non-hydrogen) atoms. The summed E-state index contributed by atoms with van der Waals surface area (Å²) >= 11 is 0. The Morgan fingerprint density at radius 3 is 2.07 bits per heavy atom. The molecule has 0 saturated carbocycles. The van der Waals surface area contributed by atoms with Crippen LogP contribution in [0.2, 0.25) is 0 Å². The largest absolute Gasteiger partial charge is 0.356 e. The minimum absolute atomic E-state index is 0.00107. The van der Waals surface area contributed by atoms with Gasteiger partial charge in [-0.15, -0.1) is 0 Å². The molecular formula is C11H22N2O2. The molecule has 2 amide bonds. The zero-order valence-corrected chi connectivity index (χ0v) is 9.93. The summed E-state index contributed by atoms with van der Waals surface area (Å²) in [6.45, 7) is 6.94. The summed E-state index contributed by atoms with van der Waals surface area (Å²) in [5, 5.41) is 5.56. The van der Waals surface area contributed by atoms with Gasteiger partial charge in [0.15, 0.2) is 0 Å². The highest BCUT2D eigenvalue weighted by Gasteiger charge is 2.02. The summed E-state index contributed by atoms with van der Waals surface area (Å²) in [5.74, 6) is 0.521. The maximum Gasteiger partial charge on any atom is 0.220 e. The van der Waals surface area contributed by atoms with Gasteiger partial charge in [-0.1, -0.05) is 13.8 Å². The molecular weight excluding hydrogens is 192 g/mol. The fraction of sp³-hybridized carbons (Fsp3) is 0.818. The molecule has 4 nitrogen and oxygen atoms in total. The number of amides is 2. The molecule has 0 spiro atoms. The molecule has 0 rings (SSSR count). The molecule has 0 bridgehead atoms. The van der Waals surface area contributed by atoms with Crippen molar-refractivity contribution < 1.29 is 9.59 Å². The third kappa shape index (κ3) is 10.9. The van der Waals surface area contributed by atoms with Crippen molar-refractivity contribution in [2.75, 3.05) is 13.1 Å². The summed E-state index contributed by atoms with van der Waals surface area (Å²) < 4.78 is 0. The molecule has 0 aliphatic carbocycles. The first-order chi connectivity index (χ1) is 7.02. The molecule has 0 aliphatic heterocycles. The minimum Gasteiger partial charge on any atom is -0.356 e. The van der Waals surface area contributed by atoms with Crippen molar-refractivity contribution in [3.8, 4) is 0 Å². The lowest BCUT2D eigenvalue weighted by Crippen LogP contribution is -2.27. The van der Waals surface area contributed by atoms with Gasteiger partial charge in [0.25, 0.3) is 0 Å². The molecule has 0 radical (unpaired) electrons. The summed E-state index contributed by atoms with van der Waals surface area (Å²) in [6.07, 6.45) is 2.40. The fourth-order valence-corrected chi connectivity index (χ4v) is 1.19. The number of hydrogen-bond acceptors (Lipinski definition) is 2. The third-order valence-electron chi connectivity index (χ3n) is 1.89. The first-order valence-corrected chi connectivity index (χ1v) is 5.53. The van der Waals surface area contributed by atoms with E-state index in [-0.39, 0.29) is 11.8 Å². The zero-order chi connectivity index (χ0) is 11.7. The number of carbonyl (C=O) groups excluding carboxylic acids is 2. The van der Waals surface area contributed by atoms with Crippen molar-refractivity contribution >= 4 is 11.8 Å². The standard InChI is InChI=1S/C11H22N2O2/c1-9(2)8-11(15)13-7-5-4-6-12-10(3)14/h9H,4-8H2,1-3H3,(H,12,14)(H,13,15).